The predicted molar refractivity (Wildman–Crippen MR) is 62.1 cm³/mol. The number of amides is 1. The molecular weight excluding hydrogens is 276 g/mol. The van der Waals surface area contributed by atoms with Gasteiger partial charge in [-0.2, -0.15) is 0 Å². The Hall–Kier alpha value is -0.980. The average molecular weight is 289 g/mol. The number of carbonyl (C=O) groups excluding carboxylic acids is 1. The van der Waals surface area contributed by atoms with E-state index in [1.54, 1.807) is 12.3 Å². The third-order valence-electron chi connectivity index (χ3n) is 1.92. The standard InChI is InChI=1S/C10H13BrN2O3/c1-15-9(16-2)6-13-10(14)7-3-8(11)5-12-4-7/h3-5,9H,6H2,1-2H3,(H,13,14). The zero-order chi connectivity index (χ0) is 12.0. The van der Waals surface area contributed by atoms with E-state index in [1.807, 2.05) is 0 Å². The Morgan fingerprint density at radius 3 is 2.75 bits per heavy atom. The van der Waals surface area contributed by atoms with Crippen LogP contribution in [-0.4, -0.2) is 37.9 Å². The van der Waals surface area contributed by atoms with E-state index in [2.05, 4.69) is 26.2 Å². The van der Waals surface area contributed by atoms with Crippen LogP contribution in [0.25, 0.3) is 0 Å². The summed E-state index contributed by atoms with van der Waals surface area (Å²) in [5.74, 6) is -0.215. The van der Waals surface area contributed by atoms with Crippen molar-refractivity contribution in [3.63, 3.8) is 0 Å². The minimum atomic E-state index is -0.441. The minimum Gasteiger partial charge on any atom is -0.354 e. The van der Waals surface area contributed by atoms with Gasteiger partial charge in [0, 0.05) is 31.1 Å². The molecule has 0 aliphatic heterocycles. The Bertz CT molecular complexity index is 356. The summed E-state index contributed by atoms with van der Waals surface area (Å²) in [6, 6.07) is 1.69. The molecule has 6 heteroatoms. The van der Waals surface area contributed by atoms with E-state index in [4.69, 9.17) is 9.47 Å². The summed E-state index contributed by atoms with van der Waals surface area (Å²) in [7, 11) is 3.03. The Morgan fingerprint density at radius 1 is 1.50 bits per heavy atom. The van der Waals surface area contributed by atoms with Crippen molar-refractivity contribution in [2.45, 2.75) is 6.29 Å². The molecule has 1 aromatic heterocycles. The molecule has 0 saturated heterocycles. The first-order valence-corrected chi connectivity index (χ1v) is 5.41. The quantitative estimate of drug-likeness (QED) is 0.827. The monoisotopic (exact) mass is 288 g/mol. The molecule has 5 nitrogen and oxygen atoms in total. The fourth-order valence-corrected chi connectivity index (χ4v) is 1.44. The number of ether oxygens (including phenoxy) is 2. The maximum absolute atomic E-state index is 11.7. The number of pyridine rings is 1. The van der Waals surface area contributed by atoms with E-state index in [9.17, 15) is 4.79 Å². The van der Waals surface area contributed by atoms with E-state index in [0.29, 0.717) is 12.1 Å². The van der Waals surface area contributed by atoms with Crippen molar-refractivity contribution in [1.82, 2.24) is 10.3 Å². The van der Waals surface area contributed by atoms with Crippen LogP contribution in [0.15, 0.2) is 22.9 Å². The van der Waals surface area contributed by atoms with Crippen molar-refractivity contribution < 1.29 is 14.3 Å². The molecule has 0 aliphatic rings. The average Bonchev–Trinajstić information content (AvgIpc) is 2.30. The number of carbonyl (C=O) groups is 1. The lowest BCUT2D eigenvalue weighted by Gasteiger charge is -2.13. The summed E-state index contributed by atoms with van der Waals surface area (Å²) >= 11 is 3.25. The van der Waals surface area contributed by atoms with Crippen LogP contribution in [0.2, 0.25) is 0 Å². The number of nitrogens with one attached hydrogen (secondary N) is 1. The van der Waals surface area contributed by atoms with Gasteiger partial charge in [-0.05, 0) is 22.0 Å². The Kier molecular flexibility index (Phi) is 5.37. The fraction of sp³-hybridized carbons (Fsp3) is 0.400. The smallest absolute Gasteiger partial charge is 0.253 e. The molecule has 0 bridgehead atoms. The topological polar surface area (TPSA) is 60.5 Å². The van der Waals surface area contributed by atoms with Crippen LogP contribution in [0.4, 0.5) is 0 Å². The number of methoxy groups -OCH3 is 2. The molecule has 88 valence electrons. The number of nitrogens with zero attached hydrogens (tertiary/aromatic N) is 1. The van der Waals surface area contributed by atoms with Crippen LogP contribution in [0.3, 0.4) is 0 Å². The molecule has 0 atom stereocenters. The SMILES string of the molecule is COC(CNC(=O)c1cncc(Br)c1)OC. The van der Waals surface area contributed by atoms with Gasteiger partial charge in [-0.15, -0.1) is 0 Å². The second-order valence-corrected chi connectivity index (χ2v) is 3.92. The molecule has 1 rings (SSSR count). The van der Waals surface area contributed by atoms with Crippen LogP contribution >= 0.6 is 15.9 Å². The van der Waals surface area contributed by atoms with Crippen LogP contribution in [-0.2, 0) is 9.47 Å². The highest BCUT2D eigenvalue weighted by molar-refractivity contribution is 9.10. The van der Waals surface area contributed by atoms with Gasteiger partial charge in [-0.25, -0.2) is 0 Å². The highest BCUT2D eigenvalue weighted by atomic mass is 79.9. The van der Waals surface area contributed by atoms with Gasteiger partial charge in [0.1, 0.15) is 0 Å². The third kappa shape index (κ3) is 3.88. The van der Waals surface area contributed by atoms with Gasteiger partial charge in [0.25, 0.3) is 5.91 Å². The fourth-order valence-electron chi connectivity index (χ4n) is 1.08. The van der Waals surface area contributed by atoms with Gasteiger partial charge < -0.3 is 14.8 Å². The molecule has 1 aromatic rings. The summed E-state index contributed by atoms with van der Waals surface area (Å²) in [6.45, 7) is 0.290. The number of aromatic nitrogens is 1. The lowest BCUT2D eigenvalue weighted by atomic mass is 10.3. The summed E-state index contributed by atoms with van der Waals surface area (Å²) < 4.78 is 10.7. The number of rotatable bonds is 5. The Labute approximate surface area is 102 Å². The molecule has 0 radical (unpaired) electrons. The summed E-state index contributed by atoms with van der Waals surface area (Å²) in [5.41, 5.74) is 0.486. The number of hydrogen-bond donors (Lipinski definition) is 1. The second kappa shape index (κ2) is 6.57. The summed E-state index contributed by atoms with van der Waals surface area (Å²) in [4.78, 5) is 15.6. The van der Waals surface area contributed by atoms with Gasteiger partial charge in [0.05, 0.1) is 12.1 Å². The van der Waals surface area contributed by atoms with Gasteiger partial charge >= 0.3 is 0 Å². The molecular formula is C10H13BrN2O3. The molecule has 0 spiro atoms. The van der Waals surface area contributed by atoms with Crippen molar-refractivity contribution in [2.24, 2.45) is 0 Å². The minimum absolute atomic E-state index is 0.215. The third-order valence-corrected chi connectivity index (χ3v) is 2.36. The summed E-state index contributed by atoms with van der Waals surface area (Å²) in [5, 5.41) is 2.68. The van der Waals surface area contributed by atoms with Crippen molar-refractivity contribution in [1.29, 1.82) is 0 Å². The molecule has 16 heavy (non-hydrogen) atoms. The van der Waals surface area contributed by atoms with Crippen LogP contribution in [0.1, 0.15) is 10.4 Å². The molecule has 1 heterocycles. The molecule has 0 fully saturated rings. The molecule has 0 saturated carbocycles. The largest absolute Gasteiger partial charge is 0.354 e. The van der Waals surface area contributed by atoms with Crippen molar-refractivity contribution in [3.05, 3.63) is 28.5 Å². The first-order chi connectivity index (χ1) is 7.67. The van der Waals surface area contributed by atoms with Crippen LogP contribution in [0.5, 0.6) is 0 Å². The normalized spacial score (nSPS) is 10.5. The first-order valence-electron chi connectivity index (χ1n) is 4.61. The zero-order valence-corrected chi connectivity index (χ0v) is 10.7. The summed E-state index contributed by atoms with van der Waals surface area (Å²) in [6.07, 6.45) is 2.67. The van der Waals surface area contributed by atoms with Gasteiger partial charge in [-0.3, -0.25) is 9.78 Å². The van der Waals surface area contributed by atoms with E-state index < -0.39 is 6.29 Å². The predicted octanol–water partition coefficient (Wildman–Crippen LogP) is 1.19. The van der Waals surface area contributed by atoms with E-state index in [1.165, 1.54) is 20.4 Å². The lowest BCUT2D eigenvalue weighted by Crippen LogP contribution is -2.34. The van der Waals surface area contributed by atoms with Gasteiger partial charge in [0.15, 0.2) is 6.29 Å². The highest BCUT2D eigenvalue weighted by Gasteiger charge is 2.10. The highest BCUT2D eigenvalue weighted by Crippen LogP contribution is 2.09. The van der Waals surface area contributed by atoms with E-state index in [0.717, 1.165) is 4.47 Å². The number of halogens is 1. The Balaban J connectivity index is 2.52. The first kappa shape index (κ1) is 13.1. The van der Waals surface area contributed by atoms with Crippen molar-refractivity contribution in [2.75, 3.05) is 20.8 Å². The van der Waals surface area contributed by atoms with Gasteiger partial charge in [-0.1, -0.05) is 0 Å². The molecule has 1 N–H and O–H groups in total. The van der Waals surface area contributed by atoms with Crippen LogP contribution in [0, 0.1) is 0 Å². The number of hydrogen-bond acceptors (Lipinski definition) is 4. The van der Waals surface area contributed by atoms with Crippen molar-refractivity contribution >= 4 is 21.8 Å². The maximum Gasteiger partial charge on any atom is 0.253 e. The van der Waals surface area contributed by atoms with Gasteiger partial charge in [0.2, 0.25) is 0 Å². The molecule has 1 amide bonds. The lowest BCUT2D eigenvalue weighted by molar-refractivity contribution is -0.0974. The maximum atomic E-state index is 11.7. The zero-order valence-electron chi connectivity index (χ0n) is 9.07. The molecule has 0 unspecified atom stereocenters. The molecule has 0 aromatic carbocycles. The van der Waals surface area contributed by atoms with Crippen LogP contribution < -0.4 is 5.32 Å². The Morgan fingerprint density at radius 2 is 2.19 bits per heavy atom. The van der Waals surface area contributed by atoms with E-state index in [-0.39, 0.29) is 5.91 Å². The van der Waals surface area contributed by atoms with Crippen molar-refractivity contribution in [3.8, 4) is 0 Å². The van der Waals surface area contributed by atoms with E-state index >= 15 is 0 Å². The second-order valence-electron chi connectivity index (χ2n) is 3.00. The molecule has 0 aliphatic carbocycles.